The van der Waals surface area contributed by atoms with Gasteiger partial charge in [-0.25, -0.2) is 0 Å². The smallest absolute Gasteiger partial charge is 0.258 e. The third-order valence-corrected chi connectivity index (χ3v) is 6.65. The third-order valence-electron chi connectivity index (χ3n) is 6.65. The predicted octanol–water partition coefficient (Wildman–Crippen LogP) is 5.96. The maximum Gasteiger partial charge on any atom is 0.258 e. The summed E-state index contributed by atoms with van der Waals surface area (Å²) in [5.41, 5.74) is 1.82. The Hall–Kier alpha value is -2.53. The highest BCUT2D eigenvalue weighted by atomic mass is 16.5. The molecular weight excluding hydrogens is 400 g/mol. The van der Waals surface area contributed by atoms with Gasteiger partial charge in [-0.05, 0) is 44.4 Å². The minimum absolute atomic E-state index is 0.0340. The minimum atomic E-state index is -0.726. The van der Waals surface area contributed by atoms with Crippen LogP contribution in [-0.2, 0) is 10.4 Å². The SMILES string of the molecule is CCCCCCCOc1ccccc1C1(C)Nc2ccccc2C(=O)N1CC1CCCO1. The van der Waals surface area contributed by atoms with Crippen molar-refractivity contribution in [2.45, 2.75) is 70.6 Å². The van der Waals surface area contributed by atoms with Crippen LogP contribution in [0.15, 0.2) is 48.5 Å². The Labute approximate surface area is 192 Å². The van der Waals surface area contributed by atoms with Crippen molar-refractivity contribution in [2.75, 3.05) is 25.1 Å². The van der Waals surface area contributed by atoms with E-state index in [-0.39, 0.29) is 12.0 Å². The Bertz CT molecular complexity index is 909. The summed E-state index contributed by atoms with van der Waals surface area (Å²) < 4.78 is 12.2. The number of rotatable bonds is 10. The van der Waals surface area contributed by atoms with E-state index in [1.165, 1.54) is 25.7 Å². The Morgan fingerprint density at radius 1 is 1.09 bits per heavy atom. The van der Waals surface area contributed by atoms with E-state index in [1.54, 1.807) is 0 Å². The molecule has 0 radical (unpaired) electrons. The van der Waals surface area contributed by atoms with Crippen molar-refractivity contribution in [3.63, 3.8) is 0 Å². The molecule has 2 aromatic rings. The van der Waals surface area contributed by atoms with Crippen molar-refractivity contribution < 1.29 is 14.3 Å². The number of nitrogens with one attached hydrogen (secondary N) is 1. The minimum Gasteiger partial charge on any atom is -0.493 e. The number of benzene rings is 2. The number of nitrogens with zero attached hydrogens (tertiary/aromatic N) is 1. The molecule has 1 amide bonds. The molecule has 0 spiro atoms. The number of unbranched alkanes of at least 4 members (excludes halogenated alkanes) is 4. The molecule has 2 heterocycles. The van der Waals surface area contributed by atoms with Gasteiger partial charge in [-0.1, -0.05) is 62.9 Å². The quantitative estimate of drug-likeness (QED) is 0.467. The lowest BCUT2D eigenvalue weighted by atomic mass is 9.92. The fourth-order valence-corrected chi connectivity index (χ4v) is 4.81. The van der Waals surface area contributed by atoms with Crippen LogP contribution in [0, 0.1) is 0 Å². The van der Waals surface area contributed by atoms with E-state index >= 15 is 0 Å². The van der Waals surface area contributed by atoms with E-state index in [9.17, 15) is 4.79 Å². The van der Waals surface area contributed by atoms with Gasteiger partial charge in [0, 0.05) is 24.4 Å². The van der Waals surface area contributed by atoms with Crippen LogP contribution in [0.5, 0.6) is 5.75 Å². The van der Waals surface area contributed by atoms with E-state index in [0.717, 1.165) is 42.9 Å². The van der Waals surface area contributed by atoms with E-state index in [4.69, 9.17) is 9.47 Å². The molecule has 2 aromatic carbocycles. The molecule has 0 saturated carbocycles. The van der Waals surface area contributed by atoms with Gasteiger partial charge in [-0.2, -0.15) is 0 Å². The summed E-state index contributed by atoms with van der Waals surface area (Å²) in [5.74, 6) is 0.870. The molecule has 172 valence electrons. The molecule has 0 aromatic heterocycles. The zero-order chi connectivity index (χ0) is 22.4. The molecule has 2 atom stereocenters. The second kappa shape index (κ2) is 10.4. The largest absolute Gasteiger partial charge is 0.493 e. The average Bonchev–Trinajstić information content (AvgIpc) is 3.33. The summed E-state index contributed by atoms with van der Waals surface area (Å²) in [7, 11) is 0. The van der Waals surface area contributed by atoms with E-state index in [1.807, 2.05) is 47.4 Å². The zero-order valence-corrected chi connectivity index (χ0v) is 19.4. The summed E-state index contributed by atoms with van der Waals surface area (Å²) in [5, 5.41) is 3.67. The maximum absolute atomic E-state index is 13.7. The first-order valence-electron chi connectivity index (χ1n) is 12.2. The van der Waals surface area contributed by atoms with Crippen molar-refractivity contribution in [2.24, 2.45) is 0 Å². The van der Waals surface area contributed by atoms with Gasteiger partial charge >= 0.3 is 0 Å². The van der Waals surface area contributed by atoms with Gasteiger partial charge in [0.05, 0.1) is 18.3 Å². The van der Waals surface area contributed by atoms with Crippen LogP contribution in [0.1, 0.15) is 74.7 Å². The second-order valence-electron chi connectivity index (χ2n) is 9.05. The van der Waals surface area contributed by atoms with Crippen molar-refractivity contribution in [1.29, 1.82) is 0 Å². The lowest BCUT2D eigenvalue weighted by Crippen LogP contribution is -2.57. The number of para-hydroxylation sites is 2. The molecule has 1 fully saturated rings. The zero-order valence-electron chi connectivity index (χ0n) is 19.4. The Morgan fingerprint density at radius 3 is 2.69 bits per heavy atom. The number of anilines is 1. The van der Waals surface area contributed by atoms with Gasteiger partial charge in [0.1, 0.15) is 11.4 Å². The van der Waals surface area contributed by atoms with Crippen molar-refractivity contribution in [3.8, 4) is 5.75 Å². The molecule has 1 saturated heterocycles. The van der Waals surface area contributed by atoms with Gasteiger partial charge in [-0.3, -0.25) is 4.79 Å². The molecule has 2 aliphatic rings. The predicted molar refractivity (Wildman–Crippen MR) is 128 cm³/mol. The molecule has 1 N–H and O–H groups in total. The normalized spacial score (nSPS) is 22.5. The fourth-order valence-electron chi connectivity index (χ4n) is 4.81. The summed E-state index contributed by atoms with van der Waals surface area (Å²) in [6, 6.07) is 15.9. The lowest BCUT2D eigenvalue weighted by Gasteiger charge is -2.47. The summed E-state index contributed by atoms with van der Waals surface area (Å²) in [6.07, 6.45) is 8.09. The number of fused-ring (bicyclic) bond motifs is 1. The Morgan fingerprint density at radius 2 is 1.88 bits per heavy atom. The van der Waals surface area contributed by atoms with Gasteiger partial charge < -0.3 is 19.7 Å². The number of carbonyl (C=O) groups excluding carboxylic acids is 1. The van der Waals surface area contributed by atoms with Crippen LogP contribution >= 0.6 is 0 Å². The van der Waals surface area contributed by atoms with Crippen LogP contribution in [-0.4, -0.2) is 36.7 Å². The highest BCUT2D eigenvalue weighted by molar-refractivity contribution is 6.02. The number of amides is 1. The van der Waals surface area contributed by atoms with E-state index < -0.39 is 5.66 Å². The molecule has 0 bridgehead atoms. The Kier molecular flexibility index (Phi) is 7.36. The van der Waals surface area contributed by atoms with Crippen LogP contribution in [0.25, 0.3) is 0 Å². The van der Waals surface area contributed by atoms with Gasteiger partial charge in [0.25, 0.3) is 5.91 Å². The lowest BCUT2D eigenvalue weighted by molar-refractivity contribution is 0.0236. The highest BCUT2D eigenvalue weighted by Crippen LogP contribution is 2.41. The number of hydrogen-bond donors (Lipinski definition) is 1. The first kappa shape index (κ1) is 22.7. The molecular formula is C27H36N2O3. The Balaban J connectivity index is 1.61. The number of hydrogen-bond acceptors (Lipinski definition) is 4. The molecule has 5 nitrogen and oxygen atoms in total. The van der Waals surface area contributed by atoms with Crippen molar-refractivity contribution in [1.82, 2.24) is 4.90 Å². The molecule has 4 rings (SSSR count). The third kappa shape index (κ3) is 4.78. The standard InChI is InChI=1S/C27H36N2O3/c1-3-4-5-6-11-18-32-25-17-10-8-15-23(25)27(2)28-24-16-9-7-14-22(24)26(30)29(27)20-21-13-12-19-31-21/h7-10,14-17,21,28H,3-6,11-13,18-20H2,1-2H3. The van der Waals surface area contributed by atoms with Crippen LogP contribution in [0.4, 0.5) is 5.69 Å². The molecule has 2 aliphatic heterocycles. The summed E-state index contributed by atoms with van der Waals surface area (Å²) >= 11 is 0. The average molecular weight is 437 g/mol. The second-order valence-corrected chi connectivity index (χ2v) is 9.05. The summed E-state index contributed by atoms with van der Waals surface area (Å²) in [6.45, 7) is 6.33. The topological polar surface area (TPSA) is 50.8 Å². The number of carbonyl (C=O) groups is 1. The van der Waals surface area contributed by atoms with Crippen molar-refractivity contribution >= 4 is 11.6 Å². The monoisotopic (exact) mass is 436 g/mol. The van der Waals surface area contributed by atoms with Gasteiger partial charge in [-0.15, -0.1) is 0 Å². The van der Waals surface area contributed by atoms with Crippen LogP contribution in [0.2, 0.25) is 0 Å². The summed E-state index contributed by atoms with van der Waals surface area (Å²) in [4.78, 5) is 15.6. The first-order valence-corrected chi connectivity index (χ1v) is 12.2. The number of ether oxygens (including phenoxy) is 2. The molecule has 0 aliphatic carbocycles. The van der Waals surface area contributed by atoms with E-state index in [0.29, 0.717) is 18.7 Å². The van der Waals surface area contributed by atoms with E-state index in [2.05, 4.69) is 25.2 Å². The molecule has 32 heavy (non-hydrogen) atoms. The van der Waals surface area contributed by atoms with Crippen molar-refractivity contribution in [3.05, 3.63) is 59.7 Å². The van der Waals surface area contributed by atoms with Gasteiger partial charge in [0.2, 0.25) is 0 Å². The highest BCUT2D eigenvalue weighted by Gasteiger charge is 2.45. The fraction of sp³-hybridized carbons (Fsp3) is 0.519. The van der Waals surface area contributed by atoms with Gasteiger partial charge in [0.15, 0.2) is 0 Å². The van der Waals surface area contributed by atoms with Crippen LogP contribution in [0.3, 0.4) is 0 Å². The molecule has 2 unspecified atom stereocenters. The van der Waals surface area contributed by atoms with Crippen LogP contribution < -0.4 is 10.1 Å². The molecule has 5 heteroatoms. The first-order chi connectivity index (χ1) is 15.6. The maximum atomic E-state index is 13.7.